The van der Waals surface area contributed by atoms with Crippen molar-refractivity contribution in [1.82, 2.24) is 0 Å². The minimum Gasteiger partial charge on any atom is -0.481 e. The molecule has 2 aliphatic carbocycles. The van der Waals surface area contributed by atoms with Crippen LogP contribution in [0, 0.1) is 40.4 Å². The Morgan fingerprint density at radius 2 is 1.70 bits per heavy atom. The Hall–Kier alpha value is -1.04. The number of rotatable bonds is 10. The lowest BCUT2D eigenvalue weighted by atomic mass is 9.60. The zero-order chi connectivity index (χ0) is 19.7. The Bertz CT molecular complexity index is 479. The van der Waals surface area contributed by atoms with Gasteiger partial charge in [-0.15, -0.1) is 0 Å². The van der Waals surface area contributed by atoms with Gasteiger partial charge in [0.15, 0.2) is 0 Å². The number of aliphatic carboxylic acids is 1. The van der Waals surface area contributed by atoms with Crippen molar-refractivity contribution in [2.45, 2.75) is 110 Å². The SMILES string of the molecule is CCCCCCC1CCC(C2CCC(C#N)([C@H](C)CCC(=O)O)CC2)CC1. The van der Waals surface area contributed by atoms with Crippen LogP contribution in [0.5, 0.6) is 0 Å². The van der Waals surface area contributed by atoms with Gasteiger partial charge < -0.3 is 5.11 Å². The fourth-order valence-electron chi connectivity index (χ4n) is 5.77. The van der Waals surface area contributed by atoms with Gasteiger partial charge in [0.25, 0.3) is 0 Å². The molecule has 3 heteroatoms. The highest BCUT2D eigenvalue weighted by Gasteiger charge is 2.42. The van der Waals surface area contributed by atoms with Gasteiger partial charge in [0.2, 0.25) is 0 Å². The Kier molecular flexibility index (Phi) is 9.13. The molecule has 0 aromatic rings. The van der Waals surface area contributed by atoms with E-state index in [1.54, 1.807) is 0 Å². The first-order valence-corrected chi connectivity index (χ1v) is 11.6. The summed E-state index contributed by atoms with van der Waals surface area (Å²) in [5, 5.41) is 18.8. The molecule has 154 valence electrons. The smallest absolute Gasteiger partial charge is 0.303 e. The number of unbranched alkanes of at least 4 members (excludes halogenated alkanes) is 3. The number of hydrogen-bond acceptors (Lipinski definition) is 2. The van der Waals surface area contributed by atoms with Gasteiger partial charge >= 0.3 is 5.97 Å². The van der Waals surface area contributed by atoms with Gasteiger partial charge in [-0.1, -0.05) is 58.8 Å². The van der Waals surface area contributed by atoms with Crippen LogP contribution in [-0.4, -0.2) is 11.1 Å². The molecule has 3 nitrogen and oxygen atoms in total. The van der Waals surface area contributed by atoms with Gasteiger partial charge in [0.1, 0.15) is 0 Å². The number of hydrogen-bond donors (Lipinski definition) is 1. The maximum absolute atomic E-state index is 10.9. The molecule has 0 aromatic heterocycles. The van der Waals surface area contributed by atoms with Crippen LogP contribution in [0.1, 0.15) is 110 Å². The molecule has 0 unspecified atom stereocenters. The molecule has 0 aromatic carbocycles. The summed E-state index contributed by atoms with van der Waals surface area (Å²) in [6.07, 6.45) is 17.8. The van der Waals surface area contributed by atoms with E-state index in [0.717, 1.165) is 30.6 Å². The van der Waals surface area contributed by atoms with Crippen molar-refractivity contribution in [3.63, 3.8) is 0 Å². The maximum atomic E-state index is 10.9. The fourth-order valence-corrected chi connectivity index (χ4v) is 5.77. The molecule has 0 amide bonds. The molecule has 2 fully saturated rings. The third kappa shape index (κ3) is 6.51. The predicted octanol–water partition coefficient (Wildman–Crippen LogP) is 6.96. The summed E-state index contributed by atoms with van der Waals surface area (Å²) < 4.78 is 0. The lowest BCUT2D eigenvalue weighted by molar-refractivity contribution is -0.137. The molecule has 1 N–H and O–H groups in total. The normalized spacial score (nSPS) is 32.6. The van der Waals surface area contributed by atoms with Gasteiger partial charge in [0, 0.05) is 6.42 Å². The molecule has 0 spiro atoms. The van der Waals surface area contributed by atoms with Crippen molar-refractivity contribution in [3.05, 3.63) is 0 Å². The van der Waals surface area contributed by atoms with Crippen molar-refractivity contribution >= 4 is 5.97 Å². The van der Waals surface area contributed by atoms with Crippen molar-refractivity contribution in [1.29, 1.82) is 5.26 Å². The highest BCUT2D eigenvalue weighted by atomic mass is 16.4. The first-order chi connectivity index (χ1) is 13.0. The first kappa shape index (κ1) is 22.3. The minimum absolute atomic E-state index is 0.191. The van der Waals surface area contributed by atoms with Gasteiger partial charge in [-0.3, -0.25) is 4.79 Å². The van der Waals surface area contributed by atoms with Crippen LogP contribution in [0.2, 0.25) is 0 Å². The van der Waals surface area contributed by atoms with Crippen LogP contribution in [-0.2, 0) is 4.79 Å². The summed E-state index contributed by atoms with van der Waals surface area (Å²) in [5.74, 6) is 2.10. The van der Waals surface area contributed by atoms with Crippen molar-refractivity contribution in [2.75, 3.05) is 0 Å². The van der Waals surface area contributed by atoms with E-state index in [-0.39, 0.29) is 17.8 Å². The number of carboxylic acids is 1. The van der Waals surface area contributed by atoms with Gasteiger partial charge in [-0.05, 0) is 68.6 Å². The fraction of sp³-hybridized carbons (Fsp3) is 0.917. The second-order valence-electron chi connectivity index (χ2n) is 9.57. The van der Waals surface area contributed by atoms with Gasteiger partial charge in [-0.2, -0.15) is 5.26 Å². The van der Waals surface area contributed by atoms with E-state index in [0.29, 0.717) is 6.42 Å². The summed E-state index contributed by atoms with van der Waals surface area (Å²) in [7, 11) is 0. The summed E-state index contributed by atoms with van der Waals surface area (Å²) in [4.78, 5) is 10.9. The molecule has 27 heavy (non-hydrogen) atoms. The molecule has 2 rings (SSSR count). The summed E-state index contributed by atoms with van der Waals surface area (Å²) in [6.45, 7) is 4.37. The lowest BCUT2D eigenvalue weighted by Crippen LogP contribution is -2.35. The lowest BCUT2D eigenvalue weighted by Gasteiger charge is -2.43. The monoisotopic (exact) mass is 375 g/mol. The average Bonchev–Trinajstić information content (AvgIpc) is 2.70. The number of nitrogens with zero attached hydrogens (tertiary/aromatic N) is 1. The van der Waals surface area contributed by atoms with E-state index in [1.807, 2.05) is 0 Å². The zero-order valence-electron chi connectivity index (χ0n) is 17.7. The molecular formula is C24H41NO2. The largest absolute Gasteiger partial charge is 0.481 e. The molecule has 0 bridgehead atoms. The predicted molar refractivity (Wildman–Crippen MR) is 110 cm³/mol. The van der Waals surface area contributed by atoms with E-state index in [4.69, 9.17) is 5.11 Å². The van der Waals surface area contributed by atoms with Crippen molar-refractivity contribution in [2.24, 2.45) is 29.1 Å². The van der Waals surface area contributed by atoms with E-state index in [2.05, 4.69) is 19.9 Å². The van der Waals surface area contributed by atoms with Gasteiger partial charge in [-0.25, -0.2) is 0 Å². The highest BCUT2D eigenvalue weighted by molar-refractivity contribution is 5.66. The summed E-state index contributed by atoms with van der Waals surface area (Å²) in [6, 6.07) is 2.61. The van der Waals surface area contributed by atoms with Crippen LogP contribution >= 0.6 is 0 Å². The number of carboxylic acid groups (broad SMARTS) is 1. The topological polar surface area (TPSA) is 61.1 Å². The second-order valence-corrected chi connectivity index (χ2v) is 9.57. The molecular weight excluding hydrogens is 334 g/mol. The summed E-state index contributed by atoms with van der Waals surface area (Å²) >= 11 is 0. The van der Waals surface area contributed by atoms with E-state index < -0.39 is 5.97 Å². The Labute approximate surface area is 166 Å². The van der Waals surface area contributed by atoms with E-state index >= 15 is 0 Å². The third-order valence-corrected chi connectivity index (χ3v) is 7.90. The van der Waals surface area contributed by atoms with E-state index in [9.17, 15) is 10.1 Å². The summed E-state index contributed by atoms with van der Waals surface area (Å²) in [5.41, 5.74) is -0.275. The first-order valence-electron chi connectivity index (χ1n) is 11.6. The third-order valence-electron chi connectivity index (χ3n) is 7.90. The minimum atomic E-state index is -0.741. The van der Waals surface area contributed by atoms with E-state index in [1.165, 1.54) is 70.6 Å². The van der Waals surface area contributed by atoms with Crippen LogP contribution in [0.3, 0.4) is 0 Å². The van der Waals surface area contributed by atoms with Crippen molar-refractivity contribution < 1.29 is 9.90 Å². The Morgan fingerprint density at radius 1 is 1.07 bits per heavy atom. The molecule has 0 radical (unpaired) electrons. The maximum Gasteiger partial charge on any atom is 0.303 e. The molecule has 0 aliphatic heterocycles. The van der Waals surface area contributed by atoms with Crippen LogP contribution in [0.4, 0.5) is 0 Å². The standard InChI is InChI=1S/C24H41NO2/c1-3-4-5-6-7-20-9-11-21(12-10-20)22-14-16-24(18-25,17-15-22)19(2)8-13-23(26)27/h19-22H,3-17H2,1-2H3,(H,26,27)/t19-,20?,21?,22?,24?/m1/s1. The van der Waals surface area contributed by atoms with Crippen LogP contribution < -0.4 is 0 Å². The van der Waals surface area contributed by atoms with Crippen molar-refractivity contribution in [3.8, 4) is 6.07 Å². The zero-order valence-corrected chi connectivity index (χ0v) is 17.7. The molecule has 2 saturated carbocycles. The highest BCUT2D eigenvalue weighted by Crippen LogP contribution is 2.49. The molecule has 1 atom stereocenters. The van der Waals surface area contributed by atoms with Gasteiger partial charge in [0.05, 0.1) is 11.5 Å². The molecule has 0 heterocycles. The Balaban J connectivity index is 1.74. The number of carbonyl (C=O) groups is 1. The molecule has 0 saturated heterocycles. The second kappa shape index (κ2) is 11.1. The molecule has 2 aliphatic rings. The average molecular weight is 376 g/mol. The quantitative estimate of drug-likeness (QED) is 0.420. The van der Waals surface area contributed by atoms with Crippen LogP contribution in [0.15, 0.2) is 0 Å². The van der Waals surface area contributed by atoms with Crippen LogP contribution in [0.25, 0.3) is 0 Å². The Morgan fingerprint density at radius 3 is 2.26 bits per heavy atom. The number of nitriles is 1.